The maximum atomic E-state index is 12.5. The third-order valence-corrected chi connectivity index (χ3v) is 9.65. The van der Waals surface area contributed by atoms with Crippen molar-refractivity contribution in [1.29, 1.82) is 0 Å². The van der Waals surface area contributed by atoms with Crippen LogP contribution in [0, 0.1) is 0 Å². The molecule has 0 bridgehead atoms. The highest BCUT2D eigenvalue weighted by Crippen LogP contribution is 2.40. The fourth-order valence-corrected chi connectivity index (χ4v) is 6.67. The van der Waals surface area contributed by atoms with Gasteiger partial charge in [0.15, 0.2) is 11.4 Å². The van der Waals surface area contributed by atoms with Crippen LogP contribution in [0.2, 0.25) is 0 Å². The summed E-state index contributed by atoms with van der Waals surface area (Å²) in [6.45, 7) is 0.424. The number of amides is 2. The Morgan fingerprint density at radius 1 is 0.917 bits per heavy atom. The quantitative estimate of drug-likeness (QED) is 0.0466. The van der Waals surface area contributed by atoms with E-state index in [1.807, 2.05) is 72.4 Å². The van der Waals surface area contributed by atoms with Crippen molar-refractivity contribution in [3.05, 3.63) is 107 Å². The number of nitrogens with zero attached hydrogens (tertiary/aromatic N) is 2. The maximum Gasteiger partial charge on any atom is 0.243 e. The second kappa shape index (κ2) is 18.0. The number of nitrogens with one attached hydrogen (secondary N) is 2. The molecule has 254 valence electrons. The highest BCUT2D eigenvalue weighted by Gasteiger charge is 2.32. The van der Waals surface area contributed by atoms with Gasteiger partial charge < -0.3 is 24.5 Å². The van der Waals surface area contributed by atoms with E-state index in [-0.39, 0.29) is 37.0 Å². The molecular weight excluding hydrogens is 628 g/mol. The molecule has 48 heavy (non-hydrogen) atoms. The summed E-state index contributed by atoms with van der Waals surface area (Å²) in [5.41, 5.74) is 7.57. The number of hydrogen-bond donors (Lipinski definition) is 4. The SMILES string of the molecule is Cn1ccnc1SC[C@@H]1C[C@H](c2ccc(CO)cc2)O[C@H](c2ccc(-c3ccccc3CNC(=O)CCCCCCC(=O)NO)cc2)O1. The van der Waals surface area contributed by atoms with Crippen molar-refractivity contribution in [2.75, 3.05) is 5.75 Å². The molecule has 5 rings (SSSR count). The highest BCUT2D eigenvalue weighted by atomic mass is 32.2. The molecule has 1 fully saturated rings. The number of aliphatic hydroxyl groups excluding tert-OH is 1. The molecule has 3 atom stereocenters. The van der Waals surface area contributed by atoms with Crippen molar-refractivity contribution in [2.24, 2.45) is 7.05 Å². The Labute approximate surface area is 285 Å². The molecule has 1 aliphatic heterocycles. The number of thioether (sulfide) groups is 1. The van der Waals surface area contributed by atoms with Crippen LogP contribution in [-0.2, 0) is 39.3 Å². The lowest BCUT2D eigenvalue weighted by molar-refractivity contribution is -0.245. The number of carbonyl (C=O) groups is 2. The molecule has 2 amide bonds. The predicted octanol–water partition coefficient (Wildman–Crippen LogP) is 6.38. The summed E-state index contributed by atoms with van der Waals surface area (Å²) in [7, 11) is 1.98. The molecule has 0 saturated carbocycles. The number of hydrogen-bond acceptors (Lipinski definition) is 8. The summed E-state index contributed by atoms with van der Waals surface area (Å²) in [6, 6.07) is 24.2. The number of benzene rings is 3. The molecule has 4 N–H and O–H groups in total. The number of hydroxylamine groups is 1. The van der Waals surface area contributed by atoms with Gasteiger partial charge in [0, 0.05) is 56.6 Å². The van der Waals surface area contributed by atoms with Crippen molar-refractivity contribution in [1.82, 2.24) is 20.3 Å². The molecule has 0 aliphatic carbocycles. The minimum absolute atomic E-state index is 0.00116. The Hall–Kier alpha value is -4.00. The first kappa shape index (κ1) is 35.3. The zero-order valence-corrected chi connectivity index (χ0v) is 28.0. The molecule has 0 unspecified atom stereocenters. The second-order valence-electron chi connectivity index (χ2n) is 12.0. The Balaban J connectivity index is 1.21. The third-order valence-electron chi connectivity index (χ3n) is 8.46. The van der Waals surface area contributed by atoms with Gasteiger partial charge in [0.2, 0.25) is 11.8 Å². The summed E-state index contributed by atoms with van der Waals surface area (Å²) in [5.74, 6) is 0.347. The molecule has 10 nitrogen and oxygen atoms in total. The van der Waals surface area contributed by atoms with E-state index in [1.54, 1.807) is 23.4 Å². The summed E-state index contributed by atoms with van der Waals surface area (Å²) in [6.07, 6.45) is 7.48. The van der Waals surface area contributed by atoms with Crippen LogP contribution < -0.4 is 10.8 Å². The zero-order valence-electron chi connectivity index (χ0n) is 27.2. The number of aliphatic hydroxyl groups is 1. The van der Waals surface area contributed by atoms with E-state index in [0.717, 1.165) is 63.6 Å². The van der Waals surface area contributed by atoms with E-state index in [0.29, 0.717) is 25.8 Å². The summed E-state index contributed by atoms with van der Waals surface area (Å²) >= 11 is 1.66. The Morgan fingerprint density at radius 3 is 2.31 bits per heavy atom. The number of rotatable bonds is 16. The van der Waals surface area contributed by atoms with Crippen LogP contribution in [0.4, 0.5) is 0 Å². The lowest BCUT2D eigenvalue weighted by atomic mass is 9.97. The first-order valence-corrected chi connectivity index (χ1v) is 17.4. The molecule has 1 aliphatic rings. The van der Waals surface area contributed by atoms with Crippen molar-refractivity contribution >= 4 is 23.6 Å². The zero-order chi connectivity index (χ0) is 33.7. The van der Waals surface area contributed by atoms with Gasteiger partial charge in [-0.1, -0.05) is 97.4 Å². The average molecular weight is 673 g/mol. The summed E-state index contributed by atoms with van der Waals surface area (Å²) < 4.78 is 15.1. The van der Waals surface area contributed by atoms with E-state index in [4.69, 9.17) is 14.7 Å². The van der Waals surface area contributed by atoms with Crippen molar-refractivity contribution in [3.63, 3.8) is 0 Å². The minimum atomic E-state index is -0.552. The van der Waals surface area contributed by atoms with E-state index in [9.17, 15) is 14.7 Å². The standard InChI is InChI=1S/C37H44N4O6S/c1-41-21-20-38-37(41)48-25-31-22-33(28-14-12-26(24-42)13-15-28)47-36(46-31)29-18-16-27(17-19-29)32-9-7-6-8-30(32)23-39-34(43)10-4-2-3-5-11-35(44)40-45/h6-9,12-21,31,33,36,42,45H,2-5,10-11,22-25H2,1H3,(H,39,43)(H,40,44)/t31-,33+,36+/m0/s1. The van der Waals surface area contributed by atoms with Gasteiger partial charge in [-0.3, -0.25) is 14.8 Å². The van der Waals surface area contributed by atoms with Gasteiger partial charge in [0.05, 0.1) is 18.8 Å². The largest absolute Gasteiger partial charge is 0.392 e. The van der Waals surface area contributed by atoms with Crippen molar-refractivity contribution < 1.29 is 29.4 Å². The van der Waals surface area contributed by atoms with Gasteiger partial charge in [-0.05, 0) is 40.7 Å². The molecule has 2 heterocycles. The molecule has 0 radical (unpaired) electrons. The van der Waals surface area contributed by atoms with Crippen LogP contribution in [0.25, 0.3) is 11.1 Å². The topological polar surface area (TPSA) is 135 Å². The van der Waals surface area contributed by atoms with Gasteiger partial charge in [-0.25, -0.2) is 10.5 Å². The first-order valence-electron chi connectivity index (χ1n) is 16.4. The normalized spacial score (nSPS) is 17.6. The predicted molar refractivity (Wildman–Crippen MR) is 184 cm³/mol. The summed E-state index contributed by atoms with van der Waals surface area (Å²) in [5, 5.41) is 22.1. The fraction of sp³-hybridized carbons (Fsp3) is 0.378. The lowest BCUT2D eigenvalue weighted by Crippen LogP contribution is -2.31. The van der Waals surface area contributed by atoms with E-state index in [1.165, 1.54) is 0 Å². The van der Waals surface area contributed by atoms with Gasteiger partial charge in [0.1, 0.15) is 0 Å². The number of imidazole rings is 1. The molecule has 1 saturated heterocycles. The van der Waals surface area contributed by atoms with Gasteiger partial charge in [-0.2, -0.15) is 0 Å². The van der Waals surface area contributed by atoms with Gasteiger partial charge >= 0.3 is 0 Å². The Kier molecular flexibility index (Phi) is 13.2. The van der Waals surface area contributed by atoms with Crippen LogP contribution in [0.5, 0.6) is 0 Å². The number of aryl methyl sites for hydroxylation is 1. The molecule has 0 spiro atoms. The van der Waals surface area contributed by atoms with Crippen molar-refractivity contribution in [2.45, 2.75) is 81.8 Å². The van der Waals surface area contributed by atoms with Crippen LogP contribution in [0.15, 0.2) is 90.3 Å². The summed E-state index contributed by atoms with van der Waals surface area (Å²) in [4.78, 5) is 28.1. The fourth-order valence-electron chi connectivity index (χ4n) is 5.72. The number of unbranched alkanes of at least 4 members (excludes halogenated alkanes) is 3. The molecule has 1 aromatic heterocycles. The molecular formula is C37H44N4O6S. The first-order chi connectivity index (χ1) is 23.4. The lowest BCUT2D eigenvalue weighted by Gasteiger charge is -2.36. The number of carbonyl (C=O) groups excluding carboxylic acids is 2. The monoisotopic (exact) mass is 672 g/mol. The smallest absolute Gasteiger partial charge is 0.243 e. The van der Waals surface area contributed by atoms with Crippen LogP contribution >= 0.6 is 11.8 Å². The van der Waals surface area contributed by atoms with E-state index < -0.39 is 6.29 Å². The van der Waals surface area contributed by atoms with Crippen molar-refractivity contribution in [3.8, 4) is 11.1 Å². The number of ether oxygens (including phenoxy) is 2. The van der Waals surface area contributed by atoms with E-state index >= 15 is 0 Å². The number of aromatic nitrogens is 2. The van der Waals surface area contributed by atoms with Crippen LogP contribution in [0.3, 0.4) is 0 Å². The maximum absolute atomic E-state index is 12.5. The van der Waals surface area contributed by atoms with Crippen LogP contribution in [-0.4, -0.2) is 43.5 Å². The van der Waals surface area contributed by atoms with E-state index in [2.05, 4.69) is 28.5 Å². The van der Waals surface area contributed by atoms with Gasteiger partial charge in [-0.15, -0.1) is 0 Å². The second-order valence-corrected chi connectivity index (χ2v) is 13.0. The molecule has 4 aromatic rings. The molecule has 3 aromatic carbocycles. The highest BCUT2D eigenvalue weighted by molar-refractivity contribution is 7.99. The Morgan fingerprint density at radius 2 is 1.62 bits per heavy atom. The Bertz CT molecular complexity index is 1610. The molecule has 11 heteroatoms. The average Bonchev–Trinajstić information content (AvgIpc) is 3.55. The van der Waals surface area contributed by atoms with Gasteiger partial charge in [0.25, 0.3) is 0 Å². The van der Waals surface area contributed by atoms with Crippen LogP contribution in [0.1, 0.15) is 79.6 Å². The third kappa shape index (κ3) is 10.0. The minimum Gasteiger partial charge on any atom is -0.392 e.